The average molecular weight is 343 g/mol. The molecule has 0 aromatic carbocycles. The van der Waals surface area contributed by atoms with Crippen LogP contribution in [-0.4, -0.2) is 62.9 Å². The van der Waals surface area contributed by atoms with E-state index in [1.54, 1.807) is 16.1 Å². The number of piperidine rings is 1. The van der Waals surface area contributed by atoms with Gasteiger partial charge in [-0.25, -0.2) is 14.8 Å². The number of hydrogen-bond donors (Lipinski definition) is 0. The lowest BCUT2D eigenvalue weighted by atomic mass is 9.97. The number of aromatic nitrogens is 2. The largest absolute Gasteiger partial charge is 0.356 e. The molecule has 3 aliphatic heterocycles. The Balaban J connectivity index is 1.45. The van der Waals surface area contributed by atoms with Crippen LogP contribution in [0.25, 0.3) is 0 Å². The minimum absolute atomic E-state index is 0.00348. The van der Waals surface area contributed by atoms with Gasteiger partial charge in [-0.15, -0.1) is 0 Å². The summed E-state index contributed by atoms with van der Waals surface area (Å²) >= 11 is 0. The van der Waals surface area contributed by atoms with Gasteiger partial charge in [-0.1, -0.05) is 6.92 Å². The highest BCUT2D eigenvalue weighted by Gasteiger charge is 2.58. The summed E-state index contributed by atoms with van der Waals surface area (Å²) in [6.07, 6.45) is 5.81. The molecule has 0 aliphatic carbocycles. The molecular weight excluding hydrogens is 318 g/mol. The quantitative estimate of drug-likeness (QED) is 0.783. The van der Waals surface area contributed by atoms with Crippen molar-refractivity contribution in [3.63, 3.8) is 0 Å². The number of imide groups is 1. The Morgan fingerprint density at radius 2 is 1.96 bits per heavy atom. The van der Waals surface area contributed by atoms with Gasteiger partial charge in [0.05, 0.1) is 0 Å². The molecule has 0 bridgehead atoms. The molecule has 0 saturated carbocycles. The molecule has 7 heteroatoms. The zero-order valence-corrected chi connectivity index (χ0v) is 14.9. The van der Waals surface area contributed by atoms with Crippen molar-refractivity contribution in [3.8, 4) is 0 Å². The molecule has 4 heterocycles. The number of urea groups is 1. The number of anilines is 1. The Morgan fingerprint density at radius 3 is 2.64 bits per heavy atom. The number of rotatable bonds is 3. The van der Waals surface area contributed by atoms with E-state index in [-0.39, 0.29) is 18.0 Å². The van der Waals surface area contributed by atoms with Crippen molar-refractivity contribution in [1.82, 2.24) is 19.8 Å². The highest BCUT2D eigenvalue weighted by molar-refractivity contribution is 6.07. The van der Waals surface area contributed by atoms with Crippen molar-refractivity contribution >= 4 is 17.8 Å². The highest BCUT2D eigenvalue weighted by Crippen LogP contribution is 2.39. The van der Waals surface area contributed by atoms with Crippen LogP contribution >= 0.6 is 0 Å². The molecule has 134 valence electrons. The molecule has 0 spiro atoms. The Labute approximate surface area is 148 Å². The third-order valence-corrected chi connectivity index (χ3v) is 5.98. The summed E-state index contributed by atoms with van der Waals surface area (Å²) in [7, 11) is 0. The maximum atomic E-state index is 12.9. The smallest absolute Gasteiger partial charge is 0.327 e. The second-order valence-electron chi connectivity index (χ2n) is 7.43. The molecular formula is C18H25N5O2. The first-order valence-electron chi connectivity index (χ1n) is 9.25. The fourth-order valence-electron chi connectivity index (χ4n) is 4.40. The fourth-order valence-corrected chi connectivity index (χ4v) is 4.40. The molecule has 1 aromatic rings. The summed E-state index contributed by atoms with van der Waals surface area (Å²) in [4.78, 5) is 39.8. The van der Waals surface area contributed by atoms with Crippen LogP contribution < -0.4 is 4.90 Å². The first kappa shape index (κ1) is 16.3. The summed E-state index contributed by atoms with van der Waals surface area (Å²) in [6.45, 7) is 6.31. The third-order valence-electron chi connectivity index (χ3n) is 5.98. The first-order valence-corrected chi connectivity index (χ1v) is 9.25. The van der Waals surface area contributed by atoms with Gasteiger partial charge in [-0.2, -0.15) is 0 Å². The summed E-state index contributed by atoms with van der Waals surface area (Å²) in [5.74, 6) is 0.945. The van der Waals surface area contributed by atoms with Gasteiger partial charge in [0.1, 0.15) is 17.7 Å². The third kappa shape index (κ3) is 2.48. The molecule has 3 amide bonds. The van der Waals surface area contributed by atoms with Crippen molar-refractivity contribution in [2.75, 3.05) is 24.5 Å². The van der Waals surface area contributed by atoms with Gasteiger partial charge in [-0.05, 0) is 39.0 Å². The van der Waals surface area contributed by atoms with Crippen molar-refractivity contribution < 1.29 is 9.59 Å². The number of carbonyl (C=O) groups is 2. The van der Waals surface area contributed by atoms with E-state index in [2.05, 4.69) is 21.8 Å². The van der Waals surface area contributed by atoms with E-state index in [4.69, 9.17) is 0 Å². The monoisotopic (exact) mass is 343 g/mol. The number of fused-ring (bicyclic) bond motifs is 1. The highest BCUT2D eigenvalue weighted by atomic mass is 16.2. The molecule has 3 aliphatic rings. The molecule has 0 N–H and O–H groups in total. The Bertz CT molecular complexity index is 700. The maximum Gasteiger partial charge on any atom is 0.327 e. The van der Waals surface area contributed by atoms with E-state index < -0.39 is 5.54 Å². The van der Waals surface area contributed by atoms with E-state index in [1.165, 1.54) is 0 Å². The summed E-state index contributed by atoms with van der Waals surface area (Å²) < 4.78 is 0. The number of hydrogen-bond acceptors (Lipinski definition) is 5. The van der Waals surface area contributed by atoms with Crippen molar-refractivity contribution in [2.45, 2.75) is 57.5 Å². The molecule has 25 heavy (non-hydrogen) atoms. The van der Waals surface area contributed by atoms with E-state index in [1.807, 2.05) is 13.0 Å². The van der Waals surface area contributed by atoms with E-state index >= 15 is 0 Å². The van der Waals surface area contributed by atoms with E-state index in [0.717, 1.165) is 56.7 Å². The Hall–Kier alpha value is -2.18. The predicted molar refractivity (Wildman–Crippen MR) is 93.2 cm³/mol. The fraction of sp³-hybridized carbons (Fsp3) is 0.667. The van der Waals surface area contributed by atoms with Crippen molar-refractivity contribution in [2.24, 2.45) is 0 Å². The standard InChI is InChI=1S/C18H25N5O2/c1-3-13-11-15(20-12-19-13)21-9-5-14(6-10-21)23-16(24)18(2)7-4-8-22(18)17(23)25/h11-12,14H,3-10H2,1-2H3/t18-/m1/s1. The van der Waals surface area contributed by atoms with Crippen LogP contribution in [0.4, 0.5) is 10.6 Å². The zero-order valence-electron chi connectivity index (χ0n) is 14.9. The lowest BCUT2D eigenvalue weighted by Gasteiger charge is -2.36. The van der Waals surface area contributed by atoms with Crippen LogP contribution in [0, 0.1) is 0 Å². The second-order valence-corrected chi connectivity index (χ2v) is 7.43. The first-order chi connectivity index (χ1) is 12.0. The van der Waals surface area contributed by atoms with Gasteiger partial charge in [0, 0.05) is 37.4 Å². The molecule has 0 unspecified atom stereocenters. The minimum Gasteiger partial charge on any atom is -0.356 e. The lowest BCUT2D eigenvalue weighted by molar-refractivity contribution is -0.133. The molecule has 4 rings (SSSR count). The van der Waals surface area contributed by atoms with Crippen LogP contribution in [0.3, 0.4) is 0 Å². The van der Waals surface area contributed by atoms with E-state index in [0.29, 0.717) is 6.54 Å². The van der Waals surface area contributed by atoms with Gasteiger partial charge < -0.3 is 9.80 Å². The minimum atomic E-state index is -0.600. The van der Waals surface area contributed by atoms with Gasteiger partial charge in [0.2, 0.25) is 0 Å². The van der Waals surface area contributed by atoms with Crippen LogP contribution in [-0.2, 0) is 11.2 Å². The average Bonchev–Trinajstić information content (AvgIpc) is 3.12. The number of carbonyl (C=O) groups excluding carboxylic acids is 2. The van der Waals surface area contributed by atoms with Gasteiger partial charge in [-0.3, -0.25) is 9.69 Å². The Kier molecular flexibility index (Phi) is 3.89. The molecule has 0 radical (unpaired) electrons. The summed E-state index contributed by atoms with van der Waals surface area (Å²) in [5.41, 5.74) is 0.433. The normalized spacial score (nSPS) is 27.4. The van der Waals surface area contributed by atoms with Gasteiger partial charge >= 0.3 is 6.03 Å². The number of aryl methyl sites for hydroxylation is 1. The van der Waals surface area contributed by atoms with Gasteiger partial charge in [0.25, 0.3) is 5.91 Å². The van der Waals surface area contributed by atoms with Crippen LogP contribution in [0.15, 0.2) is 12.4 Å². The molecule has 1 atom stereocenters. The van der Waals surface area contributed by atoms with Crippen LogP contribution in [0.1, 0.15) is 45.2 Å². The Morgan fingerprint density at radius 1 is 1.20 bits per heavy atom. The second kappa shape index (κ2) is 5.97. The zero-order chi connectivity index (χ0) is 17.6. The molecule has 3 saturated heterocycles. The van der Waals surface area contributed by atoms with Crippen LogP contribution in [0.5, 0.6) is 0 Å². The number of amides is 3. The molecule has 1 aromatic heterocycles. The molecule has 7 nitrogen and oxygen atoms in total. The predicted octanol–water partition coefficient (Wildman–Crippen LogP) is 1.82. The lowest BCUT2D eigenvalue weighted by Crippen LogP contribution is -2.49. The van der Waals surface area contributed by atoms with Crippen molar-refractivity contribution in [3.05, 3.63) is 18.1 Å². The summed E-state index contributed by atoms with van der Waals surface area (Å²) in [5, 5.41) is 0. The van der Waals surface area contributed by atoms with Crippen molar-refractivity contribution in [1.29, 1.82) is 0 Å². The van der Waals surface area contributed by atoms with Crippen LogP contribution in [0.2, 0.25) is 0 Å². The number of nitrogens with zero attached hydrogens (tertiary/aromatic N) is 5. The topological polar surface area (TPSA) is 69.6 Å². The van der Waals surface area contributed by atoms with E-state index in [9.17, 15) is 9.59 Å². The molecule has 3 fully saturated rings. The SMILES string of the molecule is CCc1cc(N2CCC(N3C(=O)N4CCC[C@]4(C)C3=O)CC2)ncn1. The maximum absolute atomic E-state index is 12.9. The van der Waals surface area contributed by atoms with Gasteiger partial charge in [0.15, 0.2) is 0 Å². The summed E-state index contributed by atoms with van der Waals surface area (Å²) in [6, 6.07) is 1.95.